The van der Waals surface area contributed by atoms with Crippen LogP contribution in [0.25, 0.3) is 0 Å². The predicted octanol–water partition coefficient (Wildman–Crippen LogP) is 3.41. The number of methoxy groups -OCH3 is 1. The van der Waals surface area contributed by atoms with Gasteiger partial charge in [0.15, 0.2) is 11.5 Å². The molecule has 0 heterocycles. The van der Waals surface area contributed by atoms with Gasteiger partial charge in [-0.3, -0.25) is 0 Å². The van der Waals surface area contributed by atoms with Gasteiger partial charge in [-0.05, 0) is 45.4 Å². The second kappa shape index (κ2) is 6.50. The van der Waals surface area contributed by atoms with Crippen molar-refractivity contribution in [2.45, 2.75) is 46.5 Å². The summed E-state index contributed by atoms with van der Waals surface area (Å²) in [5.74, 6) is 1.53. The Hall–Kier alpha value is -1.22. The molecular formula is C14H22O3. The van der Waals surface area contributed by atoms with Gasteiger partial charge in [0.2, 0.25) is 0 Å². The Kier molecular flexibility index (Phi) is 5.29. The fourth-order valence-electron chi connectivity index (χ4n) is 1.42. The molecule has 1 aromatic carbocycles. The molecule has 0 radical (unpaired) electrons. The van der Waals surface area contributed by atoms with Crippen molar-refractivity contribution < 1.29 is 14.2 Å². The molecule has 0 saturated carbocycles. The lowest BCUT2D eigenvalue weighted by Crippen LogP contribution is -2.07. The summed E-state index contributed by atoms with van der Waals surface area (Å²) in [6.07, 6.45) is 0.370. The molecule has 0 aliphatic rings. The summed E-state index contributed by atoms with van der Waals surface area (Å²) < 4.78 is 16.5. The summed E-state index contributed by atoms with van der Waals surface area (Å²) >= 11 is 0. The molecule has 0 atom stereocenters. The lowest BCUT2D eigenvalue weighted by Gasteiger charge is -2.15. The van der Waals surface area contributed by atoms with Gasteiger partial charge < -0.3 is 14.2 Å². The van der Waals surface area contributed by atoms with Gasteiger partial charge in [0.05, 0.1) is 25.9 Å². The summed E-state index contributed by atoms with van der Waals surface area (Å²) in [7, 11) is 1.65. The highest BCUT2D eigenvalue weighted by Gasteiger charge is 2.07. The molecule has 0 aliphatic heterocycles. The van der Waals surface area contributed by atoms with Crippen LogP contribution in [-0.2, 0) is 11.3 Å². The second-order valence-corrected chi connectivity index (χ2v) is 4.51. The molecule has 0 saturated heterocycles. The summed E-state index contributed by atoms with van der Waals surface area (Å²) in [6, 6.07) is 5.89. The van der Waals surface area contributed by atoms with Crippen LogP contribution in [0.1, 0.15) is 33.3 Å². The van der Waals surface area contributed by atoms with Crippen molar-refractivity contribution in [1.29, 1.82) is 0 Å². The van der Waals surface area contributed by atoms with Crippen LogP contribution in [0.4, 0.5) is 0 Å². The van der Waals surface area contributed by atoms with Crippen molar-refractivity contribution in [2.24, 2.45) is 0 Å². The molecule has 0 fully saturated rings. The standard InChI is InChI=1S/C14H22O3/c1-10(2)16-9-12-6-7-13(17-11(3)4)14(8-12)15-5/h6-8,10-11H,9H2,1-5H3. The van der Waals surface area contributed by atoms with Gasteiger partial charge in [-0.25, -0.2) is 0 Å². The first-order valence-corrected chi connectivity index (χ1v) is 5.98. The Morgan fingerprint density at radius 1 is 1.00 bits per heavy atom. The zero-order chi connectivity index (χ0) is 12.8. The Balaban J connectivity index is 2.77. The molecule has 96 valence electrons. The van der Waals surface area contributed by atoms with Crippen molar-refractivity contribution in [3.05, 3.63) is 23.8 Å². The monoisotopic (exact) mass is 238 g/mol. The number of benzene rings is 1. The van der Waals surface area contributed by atoms with E-state index in [0.717, 1.165) is 17.1 Å². The number of rotatable bonds is 6. The molecule has 0 spiro atoms. The van der Waals surface area contributed by atoms with Crippen LogP contribution in [0, 0.1) is 0 Å². The van der Waals surface area contributed by atoms with Gasteiger partial charge in [0, 0.05) is 0 Å². The predicted molar refractivity (Wildman–Crippen MR) is 68.7 cm³/mol. The van der Waals surface area contributed by atoms with Crippen molar-refractivity contribution in [3.63, 3.8) is 0 Å². The summed E-state index contributed by atoms with van der Waals surface area (Å²) in [6.45, 7) is 8.63. The van der Waals surface area contributed by atoms with Crippen molar-refractivity contribution >= 4 is 0 Å². The van der Waals surface area contributed by atoms with Crippen molar-refractivity contribution in [3.8, 4) is 11.5 Å². The average molecular weight is 238 g/mol. The number of hydrogen-bond donors (Lipinski definition) is 0. The van der Waals surface area contributed by atoms with E-state index in [1.165, 1.54) is 0 Å². The molecule has 17 heavy (non-hydrogen) atoms. The smallest absolute Gasteiger partial charge is 0.161 e. The van der Waals surface area contributed by atoms with Gasteiger partial charge in [0.1, 0.15) is 0 Å². The minimum absolute atomic E-state index is 0.140. The third-order valence-electron chi connectivity index (χ3n) is 2.17. The van der Waals surface area contributed by atoms with E-state index >= 15 is 0 Å². The Bertz CT molecular complexity index is 345. The number of hydrogen-bond acceptors (Lipinski definition) is 3. The molecule has 1 rings (SSSR count). The average Bonchev–Trinajstić information content (AvgIpc) is 2.26. The normalized spacial score (nSPS) is 11.0. The van der Waals surface area contributed by atoms with E-state index in [1.807, 2.05) is 45.9 Å². The highest BCUT2D eigenvalue weighted by Crippen LogP contribution is 2.29. The van der Waals surface area contributed by atoms with E-state index in [4.69, 9.17) is 14.2 Å². The van der Waals surface area contributed by atoms with Crippen LogP contribution in [0.2, 0.25) is 0 Å². The molecule has 0 aromatic heterocycles. The Labute approximate surface area is 104 Å². The topological polar surface area (TPSA) is 27.7 Å². The van der Waals surface area contributed by atoms with Gasteiger partial charge in [-0.1, -0.05) is 6.07 Å². The summed E-state index contributed by atoms with van der Waals surface area (Å²) in [5, 5.41) is 0. The molecule has 1 aromatic rings. The maximum absolute atomic E-state index is 5.65. The van der Waals surface area contributed by atoms with Gasteiger partial charge in [0.25, 0.3) is 0 Å². The Morgan fingerprint density at radius 2 is 1.71 bits per heavy atom. The number of ether oxygens (including phenoxy) is 3. The maximum atomic E-state index is 5.65. The highest BCUT2D eigenvalue weighted by molar-refractivity contribution is 5.42. The fraction of sp³-hybridized carbons (Fsp3) is 0.571. The third kappa shape index (κ3) is 4.65. The van der Waals surface area contributed by atoms with Crippen molar-refractivity contribution in [1.82, 2.24) is 0 Å². The molecule has 0 bridgehead atoms. The highest BCUT2D eigenvalue weighted by atomic mass is 16.5. The van der Waals surface area contributed by atoms with Crippen LogP contribution in [0.5, 0.6) is 11.5 Å². The van der Waals surface area contributed by atoms with Crippen molar-refractivity contribution in [2.75, 3.05) is 7.11 Å². The molecular weight excluding hydrogens is 216 g/mol. The van der Waals surface area contributed by atoms with E-state index in [2.05, 4.69) is 0 Å². The van der Waals surface area contributed by atoms with Crippen LogP contribution in [0.15, 0.2) is 18.2 Å². The molecule has 0 aliphatic carbocycles. The van der Waals surface area contributed by atoms with E-state index in [0.29, 0.717) is 6.61 Å². The van der Waals surface area contributed by atoms with Crippen LogP contribution in [-0.4, -0.2) is 19.3 Å². The molecule has 3 heteroatoms. The molecule has 0 amide bonds. The van der Waals surface area contributed by atoms with E-state index < -0.39 is 0 Å². The minimum atomic E-state index is 0.140. The minimum Gasteiger partial charge on any atom is -0.493 e. The summed E-state index contributed by atoms with van der Waals surface area (Å²) in [5.41, 5.74) is 1.09. The third-order valence-corrected chi connectivity index (χ3v) is 2.17. The molecule has 0 N–H and O–H groups in total. The van der Waals surface area contributed by atoms with Crippen LogP contribution >= 0.6 is 0 Å². The Morgan fingerprint density at radius 3 is 2.24 bits per heavy atom. The van der Waals surface area contributed by atoms with E-state index in [-0.39, 0.29) is 12.2 Å². The quantitative estimate of drug-likeness (QED) is 0.760. The van der Waals surface area contributed by atoms with E-state index in [1.54, 1.807) is 7.11 Å². The molecule has 3 nitrogen and oxygen atoms in total. The second-order valence-electron chi connectivity index (χ2n) is 4.51. The zero-order valence-electron chi connectivity index (χ0n) is 11.3. The van der Waals surface area contributed by atoms with Gasteiger partial charge in [-0.15, -0.1) is 0 Å². The van der Waals surface area contributed by atoms with Gasteiger partial charge in [-0.2, -0.15) is 0 Å². The van der Waals surface area contributed by atoms with E-state index in [9.17, 15) is 0 Å². The van der Waals surface area contributed by atoms with Gasteiger partial charge >= 0.3 is 0 Å². The zero-order valence-corrected chi connectivity index (χ0v) is 11.3. The lowest BCUT2D eigenvalue weighted by atomic mass is 10.2. The first-order chi connectivity index (χ1) is 8.02. The lowest BCUT2D eigenvalue weighted by molar-refractivity contribution is 0.0655. The van der Waals surface area contributed by atoms with Crippen LogP contribution < -0.4 is 9.47 Å². The largest absolute Gasteiger partial charge is 0.493 e. The first kappa shape index (κ1) is 13.8. The van der Waals surface area contributed by atoms with Crippen LogP contribution in [0.3, 0.4) is 0 Å². The summed E-state index contributed by atoms with van der Waals surface area (Å²) in [4.78, 5) is 0. The SMILES string of the molecule is COc1cc(COC(C)C)ccc1OC(C)C. The fourth-order valence-corrected chi connectivity index (χ4v) is 1.42. The first-order valence-electron chi connectivity index (χ1n) is 5.98. The molecule has 0 unspecified atom stereocenters. The maximum Gasteiger partial charge on any atom is 0.161 e.